The Labute approximate surface area is 243 Å². The smallest absolute Gasteiger partial charge is 0.315 e. The molecule has 0 radical (unpaired) electrons. The lowest BCUT2D eigenvalue weighted by Gasteiger charge is -2.14. The van der Waals surface area contributed by atoms with Crippen molar-refractivity contribution < 1.29 is 14.4 Å². The molecule has 0 aliphatic heterocycles. The van der Waals surface area contributed by atoms with Crippen LogP contribution in [0.2, 0.25) is 0 Å². The molecule has 0 spiro atoms. The Kier molecular flexibility index (Phi) is 8.95. The average molecular weight is 709 g/mol. The third kappa shape index (κ3) is 6.13. The second-order valence-electron chi connectivity index (χ2n) is 7.99. The summed E-state index contributed by atoms with van der Waals surface area (Å²) in [6.07, 6.45) is 1.83. The van der Waals surface area contributed by atoms with Crippen LogP contribution in [0.5, 0.6) is 11.5 Å². The minimum absolute atomic E-state index is 0.00690. The van der Waals surface area contributed by atoms with E-state index in [1.54, 1.807) is 25.1 Å². The van der Waals surface area contributed by atoms with Crippen molar-refractivity contribution in [3.63, 3.8) is 0 Å². The van der Waals surface area contributed by atoms with Gasteiger partial charge in [0.25, 0.3) is 5.56 Å². The summed E-state index contributed by atoms with van der Waals surface area (Å²) in [5, 5.41) is 16.7. The van der Waals surface area contributed by atoms with Crippen LogP contribution in [0.1, 0.15) is 30.8 Å². The highest BCUT2D eigenvalue weighted by molar-refractivity contribution is 9.11. The average Bonchev–Trinajstić information content (AvgIpc) is 2.88. The van der Waals surface area contributed by atoms with E-state index >= 15 is 0 Å². The third-order valence-corrected chi connectivity index (χ3v) is 7.18. The van der Waals surface area contributed by atoms with Crippen molar-refractivity contribution in [2.45, 2.75) is 26.9 Å². The summed E-state index contributed by atoms with van der Waals surface area (Å²) in [5.74, 6) is 0.660. The molecule has 4 aromatic rings. The largest absolute Gasteiger partial charge is 0.490 e. The topological polar surface area (TPSA) is 109 Å². The quantitative estimate of drug-likeness (QED) is 0.105. The van der Waals surface area contributed by atoms with Gasteiger partial charge in [-0.05, 0) is 43.3 Å². The summed E-state index contributed by atoms with van der Waals surface area (Å²) in [6.45, 7) is 3.98. The van der Waals surface area contributed by atoms with Gasteiger partial charge in [-0.1, -0.05) is 60.8 Å². The Hall–Kier alpha value is -3.09. The Morgan fingerprint density at radius 2 is 1.79 bits per heavy atom. The maximum atomic E-state index is 13.2. The predicted molar refractivity (Wildman–Crippen MR) is 157 cm³/mol. The molecular formula is C26H21Br3N4O5. The van der Waals surface area contributed by atoms with Gasteiger partial charge in [-0.25, -0.2) is 4.98 Å². The summed E-state index contributed by atoms with van der Waals surface area (Å²) in [4.78, 5) is 29.2. The van der Waals surface area contributed by atoms with Gasteiger partial charge >= 0.3 is 5.69 Å². The minimum Gasteiger partial charge on any atom is -0.490 e. The number of nitrogens with zero attached hydrogens (tertiary/aromatic N) is 4. The first kappa shape index (κ1) is 27.9. The standard InChI is InChI=1S/C26H21Br3N4O5/c1-3-24-31-21-8-7-17(27)11-19(21)26(34)32(24)30-13-15-9-22(33(35)36)25(23(10-15)37-4-2)38-14-16-5-6-18(28)12-20(16)29/h5-13H,3-4,14H2,1-2H3. The minimum atomic E-state index is -0.537. The van der Waals surface area contributed by atoms with Crippen molar-refractivity contribution in [3.8, 4) is 11.5 Å². The number of aryl methyl sites for hydroxylation is 1. The fraction of sp³-hybridized carbons (Fsp3) is 0.192. The number of aromatic nitrogens is 2. The van der Waals surface area contributed by atoms with E-state index in [0.29, 0.717) is 28.7 Å². The van der Waals surface area contributed by atoms with Gasteiger partial charge in [0.1, 0.15) is 12.4 Å². The second-order valence-corrected chi connectivity index (χ2v) is 10.7. The number of benzene rings is 3. The lowest BCUT2D eigenvalue weighted by molar-refractivity contribution is -0.386. The highest BCUT2D eigenvalue weighted by Gasteiger charge is 2.23. The van der Waals surface area contributed by atoms with E-state index in [0.717, 1.165) is 19.0 Å². The van der Waals surface area contributed by atoms with Crippen molar-refractivity contribution in [3.05, 3.63) is 99.4 Å². The van der Waals surface area contributed by atoms with Gasteiger partial charge in [-0.3, -0.25) is 14.9 Å². The number of fused-ring (bicyclic) bond motifs is 1. The molecule has 9 nitrogen and oxygen atoms in total. The zero-order chi connectivity index (χ0) is 27.4. The van der Waals surface area contributed by atoms with Crippen LogP contribution in [-0.2, 0) is 13.0 Å². The SMILES string of the molecule is CCOc1cc(C=Nn2c(CC)nc3ccc(Br)cc3c2=O)cc([N+](=O)[O-])c1OCc1ccc(Br)cc1Br. The molecule has 3 aromatic carbocycles. The van der Waals surface area contributed by atoms with Crippen molar-refractivity contribution in [2.75, 3.05) is 6.61 Å². The number of hydrogen-bond donors (Lipinski definition) is 0. The Morgan fingerprint density at radius 3 is 2.47 bits per heavy atom. The third-order valence-electron chi connectivity index (χ3n) is 5.46. The second kappa shape index (κ2) is 12.2. The number of nitro benzene ring substituents is 1. The lowest BCUT2D eigenvalue weighted by atomic mass is 10.1. The number of nitro groups is 1. The van der Waals surface area contributed by atoms with E-state index in [1.165, 1.54) is 17.0 Å². The maximum absolute atomic E-state index is 13.2. The maximum Gasteiger partial charge on any atom is 0.315 e. The van der Waals surface area contributed by atoms with E-state index in [9.17, 15) is 14.9 Å². The lowest BCUT2D eigenvalue weighted by Crippen LogP contribution is -2.22. The van der Waals surface area contributed by atoms with Crippen molar-refractivity contribution in [1.29, 1.82) is 0 Å². The number of rotatable bonds is 9. The van der Waals surface area contributed by atoms with Gasteiger partial charge in [0.2, 0.25) is 5.75 Å². The van der Waals surface area contributed by atoms with Crippen LogP contribution in [0, 0.1) is 10.1 Å². The predicted octanol–water partition coefficient (Wildman–Crippen LogP) is 7.01. The van der Waals surface area contributed by atoms with Crippen LogP contribution in [0.4, 0.5) is 5.69 Å². The van der Waals surface area contributed by atoms with Crippen LogP contribution in [-0.4, -0.2) is 27.4 Å². The molecule has 0 unspecified atom stereocenters. The summed E-state index contributed by atoms with van der Waals surface area (Å²) in [5.41, 5.74) is 1.10. The van der Waals surface area contributed by atoms with Gasteiger partial charge in [-0.15, -0.1) is 0 Å². The molecule has 0 bridgehead atoms. The van der Waals surface area contributed by atoms with Crippen molar-refractivity contribution in [1.82, 2.24) is 9.66 Å². The summed E-state index contributed by atoms with van der Waals surface area (Å²) < 4.78 is 15.2. The van der Waals surface area contributed by atoms with Crippen molar-refractivity contribution in [2.24, 2.45) is 5.10 Å². The first-order valence-corrected chi connectivity index (χ1v) is 13.9. The van der Waals surface area contributed by atoms with Crippen LogP contribution >= 0.6 is 47.8 Å². The Bertz CT molecular complexity index is 1620. The van der Waals surface area contributed by atoms with Gasteiger partial charge in [0.05, 0.1) is 28.6 Å². The molecule has 0 saturated carbocycles. The zero-order valence-corrected chi connectivity index (χ0v) is 25.0. The van der Waals surface area contributed by atoms with Gasteiger partial charge in [-0.2, -0.15) is 9.78 Å². The zero-order valence-electron chi connectivity index (χ0n) is 20.3. The van der Waals surface area contributed by atoms with E-state index in [2.05, 4.69) is 57.9 Å². The molecule has 12 heteroatoms. The molecule has 0 atom stereocenters. The Morgan fingerprint density at radius 1 is 1.05 bits per heavy atom. The highest BCUT2D eigenvalue weighted by Crippen LogP contribution is 2.39. The van der Waals surface area contributed by atoms with E-state index < -0.39 is 4.92 Å². The molecule has 0 aliphatic carbocycles. The number of halogens is 3. The normalized spacial score (nSPS) is 11.3. The molecular weight excluding hydrogens is 688 g/mol. The van der Waals surface area contributed by atoms with E-state index in [-0.39, 0.29) is 36.0 Å². The molecule has 1 heterocycles. The van der Waals surface area contributed by atoms with Crippen LogP contribution < -0.4 is 15.0 Å². The van der Waals surface area contributed by atoms with Crippen LogP contribution in [0.25, 0.3) is 10.9 Å². The van der Waals surface area contributed by atoms with Crippen LogP contribution in [0.3, 0.4) is 0 Å². The van der Waals surface area contributed by atoms with Crippen molar-refractivity contribution >= 4 is 70.6 Å². The molecule has 0 aliphatic rings. The molecule has 1 aromatic heterocycles. The Balaban J connectivity index is 1.75. The van der Waals surface area contributed by atoms with E-state index in [4.69, 9.17) is 9.47 Å². The molecule has 0 saturated heterocycles. The monoisotopic (exact) mass is 706 g/mol. The molecule has 0 fully saturated rings. The first-order valence-electron chi connectivity index (χ1n) is 11.5. The molecule has 0 amide bonds. The number of ether oxygens (including phenoxy) is 2. The van der Waals surface area contributed by atoms with Gasteiger partial charge < -0.3 is 9.47 Å². The fourth-order valence-electron chi connectivity index (χ4n) is 3.68. The molecule has 0 N–H and O–H groups in total. The van der Waals surface area contributed by atoms with E-state index in [1.807, 2.05) is 31.2 Å². The molecule has 4 rings (SSSR count). The van der Waals surface area contributed by atoms with Gasteiger partial charge in [0.15, 0.2) is 5.75 Å². The highest BCUT2D eigenvalue weighted by atomic mass is 79.9. The summed E-state index contributed by atoms with van der Waals surface area (Å²) in [6, 6.07) is 13.8. The summed E-state index contributed by atoms with van der Waals surface area (Å²) >= 11 is 10.3. The number of hydrogen-bond acceptors (Lipinski definition) is 7. The molecule has 38 heavy (non-hydrogen) atoms. The van der Waals surface area contributed by atoms with Crippen LogP contribution in [0.15, 0.2) is 71.8 Å². The van der Waals surface area contributed by atoms with Gasteiger partial charge in [0, 0.05) is 37.0 Å². The first-order chi connectivity index (χ1) is 18.2. The summed E-state index contributed by atoms with van der Waals surface area (Å²) in [7, 11) is 0. The molecule has 196 valence electrons. The fourth-order valence-corrected chi connectivity index (χ4v) is 5.20.